The molecule has 1 aliphatic heterocycles. The number of para-hydroxylation sites is 1. The van der Waals surface area contributed by atoms with E-state index in [9.17, 15) is 4.79 Å². The number of aromatic amines is 1. The molecular formula is C23H19N7O3. The second-order valence-electron chi connectivity index (χ2n) is 7.70. The van der Waals surface area contributed by atoms with Crippen LogP contribution < -0.4 is 26.1 Å². The first-order chi connectivity index (χ1) is 16.2. The summed E-state index contributed by atoms with van der Waals surface area (Å²) in [6.07, 6.45) is 2.96. The maximum absolute atomic E-state index is 13.2. The number of rotatable bonds is 4. The smallest absolute Gasteiger partial charge is 0.267 e. The van der Waals surface area contributed by atoms with Crippen LogP contribution in [0.4, 0.5) is 11.6 Å². The lowest BCUT2D eigenvalue weighted by Crippen LogP contribution is -2.35. The first-order valence-corrected chi connectivity index (χ1v) is 10.4. The number of hydrogen-bond donors (Lipinski definition) is 3. The van der Waals surface area contributed by atoms with E-state index in [2.05, 4.69) is 25.5 Å². The summed E-state index contributed by atoms with van der Waals surface area (Å²) in [6, 6.07) is 14.7. The number of fused-ring (bicyclic) bond motifs is 4. The fourth-order valence-corrected chi connectivity index (χ4v) is 3.93. The van der Waals surface area contributed by atoms with E-state index in [1.165, 1.54) is 6.20 Å². The number of anilines is 2. The number of benzene rings is 2. The fraction of sp³-hybridized carbons (Fsp3) is 0.130. The average molecular weight is 441 g/mol. The first kappa shape index (κ1) is 19.1. The first-order valence-electron chi connectivity index (χ1n) is 10.4. The highest BCUT2D eigenvalue weighted by Crippen LogP contribution is 2.33. The summed E-state index contributed by atoms with van der Waals surface area (Å²) < 4.78 is 13.3. The highest BCUT2D eigenvalue weighted by Gasteiger charge is 2.22. The molecule has 1 atom stereocenters. The SMILES string of the molecule is Nc1ccc2c(c1)OCC(CNc1ncc3c4[nH]ncc4c(=O)n(-c4ccccc4)c3n1)O2. The summed E-state index contributed by atoms with van der Waals surface area (Å²) in [7, 11) is 0. The van der Waals surface area contributed by atoms with Gasteiger partial charge in [-0.2, -0.15) is 10.1 Å². The number of H-pyrrole nitrogens is 1. The molecule has 10 heteroatoms. The second-order valence-corrected chi connectivity index (χ2v) is 7.70. The highest BCUT2D eigenvalue weighted by molar-refractivity contribution is 6.02. The topological polar surface area (TPSA) is 133 Å². The number of ether oxygens (including phenoxy) is 2. The predicted molar refractivity (Wildman–Crippen MR) is 124 cm³/mol. The Bertz CT molecular complexity index is 1550. The number of nitrogens with one attached hydrogen (secondary N) is 2. The van der Waals surface area contributed by atoms with E-state index in [0.29, 0.717) is 63.9 Å². The molecular weight excluding hydrogens is 422 g/mol. The normalized spacial score (nSPS) is 15.1. The van der Waals surface area contributed by atoms with Crippen LogP contribution >= 0.6 is 0 Å². The van der Waals surface area contributed by atoms with Gasteiger partial charge in [0.2, 0.25) is 5.95 Å². The summed E-state index contributed by atoms with van der Waals surface area (Å²) in [4.78, 5) is 22.3. The zero-order valence-electron chi connectivity index (χ0n) is 17.4. The summed E-state index contributed by atoms with van der Waals surface area (Å²) in [5.74, 6) is 1.64. The molecule has 4 N–H and O–H groups in total. The molecule has 0 saturated heterocycles. The molecule has 0 amide bonds. The molecule has 33 heavy (non-hydrogen) atoms. The van der Waals surface area contributed by atoms with Crippen LogP contribution in [0.2, 0.25) is 0 Å². The number of nitrogens with zero attached hydrogens (tertiary/aromatic N) is 4. The minimum Gasteiger partial charge on any atom is -0.486 e. The average Bonchev–Trinajstić information content (AvgIpc) is 3.34. The van der Waals surface area contributed by atoms with E-state index in [-0.39, 0.29) is 11.7 Å². The Morgan fingerprint density at radius 1 is 1.12 bits per heavy atom. The van der Waals surface area contributed by atoms with Crippen LogP contribution in [0.1, 0.15) is 0 Å². The van der Waals surface area contributed by atoms with Crippen molar-refractivity contribution in [3.8, 4) is 17.2 Å². The minimum atomic E-state index is -0.244. The maximum Gasteiger partial charge on any atom is 0.267 e. The Morgan fingerprint density at radius 2 is 2.00 bits per heavy atom. The minimum absolute atomic E-state index is 0.206. The molecule has 0 aliphatic carbocycles. The van der Waals surface area contributed by atoms with Crippen LogP contribution in [-0.4, -0.2) is 44.0 Å². The van der Waals surface area contributed by atoms with Crippen molar-refractivity contribution in [3.63, 3.8) is 0 Å². The molecule has 2 aromatic carbocycles. The lowest BCUT2D eigenvalue weighted by atomic mass is 10.2. The van der Waals surface area contributed by atoms with Gasteiger partial charge < -0.3 is 20.5 Å². The molecule has 5 aromatic rings. The third-order valence-electron chi connectivity index (χ3n) is 5.51. The standard InChI is InChI=1S/C23H19N7O3/c24-13-6-7-18-19(8-13)32-12-15(33-18)9-25-23-26-10-16-20-17(11-27-29-20)22(31)30(21(16)28-23)14-4-2-1-3-5-14/h1-8,10-11,15H,9,12,24H2,(H,27,29)(H,25,26,28). The van der Waals surface area contributed by atoms with Crippen LogP contribution in [0.15, 0.2) is 65.7 Å². The zero-order valence-corrected chi connectivity index (χ0v) is 17.4. The third kappa shape index (κ3) is 3.28. The Kier molecular flexibility index (Phi) is 4.35. The van der Waals surface area contributed by atoms with Gasteiger partial charge in [0.1, 0.15) is 12.7 Å². The summed E-state index contributed by atoms with van der Waals surface area (Å²) in [5.41, 5.74) is 8.00. The van der Waals surface area contributed by atoms with Crippen molar-refractivity contribution >= 4 is 33.6 Å². The molecule has 4 heterocycles. The molecule has 3 aromatic heterocycles. The Hall–Kier alpha value is -4.60. The molecule has 0 bridgehead atoms. The monoisotopic (exact) mass is 441 g/mol. The largest absolute Gasteiger partial charge is 0.486 e. The third-order valence-corrected chi connectivity index (χ3v) is 5.51. The van der Waals surface area contributed by atoms with Gasteiger partial charge in [-0.1, -0.05) is 18.2 Å². The molecule has 0 radical (unpaired) electrons. The van der Waals surface area contributed by atoms with Gasteiger partial charge in [-0.25, -0.2) is 4.98 Å². The molecule has 0 fully saturated rings. The van der Waals surface area contributed by atoms with Gasteiger partial charge in [-0.05, 0) is 24.3 Å². The number of nitrogens with two attached hydrogens (primary N) is 1. The van der Waals surface area contributed by atoms with Gasteiger partial charge in [-0.15, -0.1) is 0 Å². The van der Waals surface area contributed by atoms with Crippen molar-refractivity contribution in [1.82, 2.24) is 24.7 Å². The Balaban J connectivity index is 1.35. The molecule has 1 aliphatic rings. The van der Waals surface area contributed by atoms with Gasteiger partial charge in [0.15, 0.2) is 17.1 Å². The van der Waals surface area contributed by atoms with E-state index in [1.807, 2.05) is 30.3 Å². The number of nitrogen functional groups attached to an aromatic ring is 1. The van der Waals surface area contributed by atoms with Gasteiger partial charge in [0, 0.05) is 18.0 Å². The van der Waals surface area contributed by atoms with Crippen molar-refractivity contribution in [1.29, 1.82) is 0 Å². The van der Waals surface area contributed by atoms with Crippen LogP contribution in [0.3, 0.4) is 0 Å². The van der Waals surface area contributed by atoms with E-state index in [1.54, 1.807) is 29.0 Å². The van der Waals surface area contributed by atoms with Gasteiger partial charge in [-0.3, -0.25) is 14.5 Å². The number of hydrogen-bond acceptors (Lipinski definition) is 8. The Morgan fingerprint density at radius 3 is 2.88 bits per heavy atom. The maximum atomic E-state index is 13.2. The molecule has 10 nitrogen and oxygen atoms in total. The zero-order chi connectivity index (χ0) is 22.4. The van der Waals surface area contributed by atoms with Crippen LogP contribution in [0.5, 0.6) is 11.5 Å². The lowest BCUT2D eigenvalue weighted by molar-refractivity contribution is 0.0997. The van der Waals surface area contributed by atoms with E-state index in [0.717, 1.165) is 0 Å². The van der Waals surface area contributed by atoms with Crippen molar-refractivity contribution in [2.75, 3.05) is 24.2 Å². The molecule has 6 rings (SSSR count). The Labute approximate surface area is 187 Å². The fourth-order valence-electron chi connectivity index (χ4n) is 3.93. The molecule has 0 spiro atoms. The molecule has 1 unspecified atom stereocenters. The van der Waals surface area contributed by atoms with E-state index >= 15 is 0 Å². The second kappa shape index (κ2) is 7.52. The van der Waals surface area contributed by atoms with Gasteiger partial charge in [0.25, 0.3) is 5.56 Å². The lowest BCUT2D eigenvalue weighted by Gasteiger charge is -2.26. The molecule has 0 saturated carbocycles. The summed E-state index contributed by atoms with van der Waals surface area (Å²) in [5, 5.41) is 11.3. The van der Waals surface area contributed by atoms with Crippen LogP contribution in [0, 0.1) is 0 Å². The summed E-state index contributed by atoms with van der Waals surface area (Å²) >= 11 is 0. The van der Waals surface area contributed by atoms with Gasteiger partial charge >= 0.3 is 0 Å². The van der Waals surface area contributed by atoms with E-state index < -0.39 is 0 Å². The van der Waals surface area contributed by atoms with Crippen molar-refractivity contribution < 1.29 is 9.47 Å². The highest BCUT2D eigenvalue weighted by atomic mass is 16.6. The number of pyridine rings is 1. The van der Waals surface area contributed by atoms with E-state index in [4.69, 9.17) is 15.2 Å². The predicted octanol–water partition coefficient (Wildman–Crippen LogP) is 2.49. The van der Waals surface area contributed by atoms with Crippen molar-refractivity contribution in [3.05, 3.63) is 71.3 Å². The van der Waals surface area contributed by atoms with Crippen molar-refractivity contribution in [2.45, 2.75) is 6.10 Å². The quantitative estimate of drug-likeness (QED) is 0.362. The van der Waals surface area contributed by atoms with Crippen molar-refractivity contribution in [2.24, 2.45) is 0 Å². The summed E-state index contributed by atoms with van der Waals surface area (Å²) in [6.45, 7) is 0.776. The number of aromatic nitrogens is 5. The van der Waals surface area contributed by atoms with Crippen LogP contribution in [0.25, 0.3) is 27.6 Å². The van der Waals surface area contributed by atoms with Crippen LogP contribution in [-0.2, 0) is 0 Å². The molecule has 164 valence electrons. The van der Waals surface area contributed by atoms with Gasteiger partial charge in [0.05, 0.1) is 34.7 Å².